The second-order valence-corrected chi connectivity index (χ2v) is 11.5. The van der Waals surface area contributed by atoms with E-state index in [1.165, 1.54) is 6.42 Å². The fraction of sp³-hybridized carbons (Fsp3) is 0.588. The average molecular weight is 292 g/mol. The van der Waals surface area contributed by atoms with E-state index in [2.05, 4.69) is 51.6 Å². The number of aryl methyl sites for hydroxylation is 2. The number of hydrogen-bond donors (Lipinski definition) is 1. The molecule has 20 heavy (non-hydrogen) atoms. The molecule has 0 heterocycles. The van der Waals surface area contributed by atoms with Gasteiger partial charge in [-0.25, -0.2) is 0 Å². The Bertz CT molecular complexity index is 497. The molecule has 1 saturated carbocycles. The molecule has 2 nitrogen and oxygen atoms in total. The van der Waals surface area contributed by atoms with E-state index in [4.69, 9.17) is 0 Å². The molecule has 0 aliphatic heterocycles. The van der Waals surface area contributed by atoms with Crippen molar-refractivity contribution < 1.29 is 4.79 Å². The third kappa shape index (κ3) is 2.39. The molecule has 110 valence electrons. The minimum Gasteiger partial charge on any atom is -0.322 e. The molecular formula is C17H27NOP+. The molecule has 0 aromatic heterocycles. The molecule has 2 rings (SSSR count). The first-order valence-corrected chi connectivity index (χ1v) is 10.4. The first-order chi connectivity index (χ1) is 9.34. The Morgan fingerprint density at radius 2 is 1.80 bits per heavy atom. The van der Waals surface area contributed by atoms with Gasteiger partial charge in [0.15, 0.2) is 5.16 Å². The van der Waals surface area contributed by atoms with E-state index in [1.54, 1.807) is 0 Å². The number of rotatable bonds is 4. The second kappa shape index (κ2) is 5.48. The van der Waals surface area contributed by atoms with Gasteiger partial charge < -0.3 is 5.32 Å². The first-order valence-electron chi connectivity index (χ1n) is 7.55. The maximum absolute atomic E-state index is 12.9. The Hall–Kier alpha value is -0.880. The van der Waals surface area contributed by atoms with Crippen molar-refractivity contribution in [1.82, 2.24) is 0 Å². The van der Waals surface area contributed by atoms with Crippen LogP contribution in [0.4, 0.5) is 5.69 Å². The zero-order valence-corrected chi connectivity index (χ0v) is 14.3. The molecule has 0 radical (unpaired) electrons. The van der Waals surface area contributed by atoms with E-state index in [-0.39, 0.29) is 11.1 Å². The Morgan fingerprint density at radius 1 is 1.25 bits per heavy atom. The molecular weight excluding hydrogens is 265 g/mol. The number of carbonyl (C=O) groups excluding carboxylic acids is 1. The van der Waals surface area contributed by atoms with Crippen LogP contribution in [0.3, 0.4) is 0 Å². The lowest BCUT2D eigenvalue weighted by Gasteiger charge is -2.45. The zero-order valence-electron chi connectivity index (χ0n) is 13.4. The quantitative estimate of drug-likeness (QED) is 0.815. The van der Waals surface area contributed by atoms with E-state index in [0.29, 0.717) is 0 Å². The lowest BCUT2D eigenvalue weighted by atomic mass is 9.83. The number of benzene rings is 1. The fourth-order valence-electron chi connectivity index (χ4n) is 3.16. The normalized spacial score (nSPS) is 17.4. The van der Waals surface area contributed by atoms with Gasteiger partial charge in [0.1, 0.15) is 0 Å². The van der Waals surface area contributed by atoms with Gasteiger partial charge in [0.05, 0.1) is 6.16 Å². The highest BCUT2D eigenvalue weighted by Crippen LogP contribution is 2.70. The van der Waals surface area contributed by atoms with Crippen molar-refractivity contribution in [2.75, 3.05) is 24.8 Å². The van der Waals surface area contributed by atoms with Gasteiger partial charge in [0.2, 0.25) is 0 Å². The topological polar surface area (TPSA) is 29.1 Å². The summed E-state index contributed by atoms with van der Waals surface area (Å²) >= 11 is 0. The van der Waals surface area contributed by atoms with E-state index < -0.39 is 7.26 Å². The molecule has 0 spiro atoms. The summed E-state index contributed by atoms with van der Waals surface area (Å²) < 4.78 is 0. The molecule has 0 saturated heterocycles. The highest BCUT2D eigenvalue weighted by Gasteiger charge is 2.60. The largest absolute Gasteiger partial charge is 0.322 e. The Labute approximate surface area is 123 Å². The second-order valence-electron chi connectivity index (χ2n) is 6.61. The maximum Gasteiger partial charge on any atom is 0.268 e. The third-order valence-corrected chi connectivity index (χ3v) is 9.82. The molecule has 1 N–H and O–H groups in total. The zero-order chi connectivity index (χ0) is 15.0. The van der Waals surface area contributed by atoms with Gasteiger partial charge >= 0.3 is 0 Å². The molecule has 3 heteroatoms. The van der Waals surface area contributed by atoms with Crippen molar-refractivity contribution in [3.8, 4) is 0 Å². The average Bonchev–Trinajstić information content (AvgIpc) is 2.32. The molecule has 1 aliphatic carbocycles. The minimum absolute atomic E-state index is 0.0729. The van der Waals surface area contributed by atoms with Crippen molar-refractivity contribution >= 4 is 18.9 Å². The predicted octanol–water partition coefficient (Wildman–Crippen LogP) is 4.46. The van der Waals surface area contributed by atoms with Crippen LogP contribution in [0.5, 0.6) is 0 Å². The van der Waals surface area contributed by atoms with Crippen LogP contribution in [0.2, 0.25) is 0 Å². The van der Waals surface area contributed by atoms with Gasteiger partial charge in [-0.1, -0.05) is 18.2 Å². The Balaban J connectivity index is 2.28. The number of nitrogens with one attached hydrogen (secondary N) is 1. The third-order valence-electron chi connectivity index (χ3n) is 5.27. The van der Waals surface area contributed by atoms with Crippen LogP contribution in [0.1, 0.15) is 37.3 Å². The standard InChI is InChI=1S/C17H26NOP/c1-6-20(4,5)17(11-8-12-17)16(19)18-15-13(2)9-7-10-14(15)3/h7,9-10H,6,8,11-12H2,1-5H3/p+1. The number of carbonyl (C=O) groups is 1. The van der Waals surface area contributed by atoms with Gasteiger partial charge in [-0.3, -0.25) is 4.79 Å². The smallest absolute Gasteiger partial charge is 0.268 e. The van der Waals surface area contributed by atoms with E-state index in [0.717, 1.165) is 35.8 Å². The maximum atomic E-state index is 12.9. The van der Waals surface area contributed by atoms with Crippen LogP contribution in [-0.2, 0) is 4.79 Å². The molecule has 0 atom stereocenters. The summed E-state index contributed by atoms with van der Waals surface area (Å²) in [6, 6.07) is 6.18. The van der Waals surface area contributed by atoms with Crippen molar-refractivity contribution in [2.45, 2.75) is 45.2 Å². The SMILES string of the molecule is CC[P+](C)(C)C1(C(=O)Nc2c(C)cccc2C)CCC1. The Kier molecular flexibility index (Phi) is 4.25. The molecule has 0 unspecified atom stereocenters. The van der Waals surface area contributed by atoms with Crippen LogP contribution in [0.25, 0.3) is 0 Å². The van der Waals surface area contributed by atoms with Gasteiger partial charge in [0.25, 0.3) is 5.91 Å². The molecule has 1 aromatic rings. The summed E-state index contributed by atoms with van der Waals surface area (Å²) in [6.07, 6.45) is 4.48. The number of anilines is 1. The number of hydrogen-bond acceptors (Lipinski definition) is 1. The number of amides is 1. The first kappa shape index (κ1) is 15.5. The highest BCUT2D eigenvalue weighted by molar-refractivity contribution is 7.77. The summed E-state index contributed by atoms with van der Waals surface area (Å²) in [5, 5.41) is 3.18. The van der Waals surface area contributed by atoms with E-state index >= 15 is 0 Å². The van der Waals surface area contributed by atoms with Gasteiger partial charge in [-0.05, 0) is 51.2 Å². The summed E-state index contributed by atoms with van der Waals surface area (Å²) in [4.78, 5) is 12.9. The molecule has 0 bridgehead atoms. The predicted molar refractivity (Wildman–Crippen MR) is 90.4 cm³/mol. The van der Waals surface area contributed by atoms with Crippen molar-refractivity contribution in [3.05, 3.63) is 29.3 Å². The summed E-state index contributed by atoms with van der Waals surface area (Å²) in [6.45, 7) is 11.1. The van der Waals surface area contributed by atoms with Crippen molar-refractivity contribution in [3.63, 3.8) is 0 Å². The van der Waals surface area contributed by atoms with E-state index in [9.17, 15) is 4.79 Å². The molecule has 1 aliphatic rings. The van der Waals surface area contributed by atoms with Crippen LogP contribution in [0.15, 0.2) is 18.2 Å². The van der Waals surface area contributed by atoms with Crippen LogP contribution < -0.4 is 5.32 Å². The van der Waals surface area contributed by atoms with E-state index in [1.807, 2.05) is 6.07 Å². The van der Waals surface area contributed by atoms with Crippen LogP contribution >= 0.6 is 7.26 Å². The van der Waals surface area contributed by atoms with Crippen LogP contribution in [-0.4, -0.2) is 30.6 Å². The van der Waals surface area contributed by atoms with Gasteiger partial charge in [0, 0.05) is 26.3 Å². The Morgan fingerprint density at radius 3 is 2.20 bits per heavy atom. The van der Waals surface area contributed by atoms with Gasteiger partial charge in [-0.2, -0.15) is 0 Å². The summed E-state index contributed by atoms with van der Waals surface area (Å²) in [5.74, 6) is 0.265. The number of para-hydroxylation sites is 1. The summed E-state index contributed by atoms with van der Waals surface area (Å²) in [5.41, 5.74) is 3.32. The molecule has 1 amide bonds. The van der Waals surface area contributed by atoms with Crippen molar-refractivity contribution in [2.24, 2.45) is 0 Å². The minimum atomic E-state index is -1.19. The molecule has 1 fully saturated rings. The summed E-state index contributed by atoms with van der Waals surface area (Å²) in [7, 11) is -1.19. The fourth-order valence-corrected chi connectivity index (χ4v) is 5.90. The lowest BCUT2D eigenvalue weighted by molar-refractivity contribution is -0.120. The van der Waals surface area contributed by atoms with Crippen LogP contribution in [0, 0.1) is 13.8 Å². The molecule has 1 aromatic carbocycles. The lowest BCUT2D eigenvalue weighted by Crippen LogP contribution is -2.50. The van der Waals surface area contributed by atoms with Crippen molar-refractivity contribution in [1.29, 1.82) is 0 Å². The highest BCUT2D eigenvalue weighted by atomic mass is 31.2. The monoisotopic (exact) mass is 292 g/mol. The van der Waals surface area contributed by atoms with Gasteiger partial charge in [-0.15, -0.1) is 0 Å².